The van der Waals surface area contributed by atoms with Gasteiger partial charge < -0.3 is 10.1 Å². The molecule has 1 aromatic carbocycles. The Kier molecular flexibility index (Phi) is 7.55. The van der Waals surface area contributed by atoms with Crippen molar-refractivity contribution in [2.75, 3.05) is 6.61 Å². The summed E-state index contributed by atoms with van der Waals surface area (Å²) in [6, 6.07) is 13.9. The van der Waals surface area contributed by atoms with Gasteiger partial charge in [0.25, 0.3) is 5.91 Å². The molecule has 0 aliphatic rings. The van der Waals surface area contributed by atoms with E-state index in [-0.39, 0.29) is 25.0 Å². The molecule has 0 aliphatic heterocycles. The van der Waals surface area contributed by atoms with Gasteiger partial charge in [0.05, 0.1) is 17.0 Å². The lowest BCUT2D eigenvalue weighted by atomic mass is 10.2. The molecule has 0 aliphatic carbocycles. The summed E-state index contributed by atoms with van der Waals surface area (Å²) < 4.78 is 5.21. The van der Waals surface area contributed by atoms with Crippen molar-refractivity contribution in [1.29, 1.82) is 0 Å². The molecule has 1 N–H and O–H groups in total. The Hall–Kier alpha value is -2.51. The maximum Gasteiger partial charge on any atom is 0.311 e. The molecule has 0 saturated heterocycles. The third kappa shape index (κ3) is 5.98. The molecule has 0 radical (unpaired) electrons. The first kappa shape index (κ1) is 21.2. The number of thiophene rings is 1. The van der Waals surface area contributed by atoms with E-state index in [9.17, 15) is 9.59 Å². The van der Waals surface area contributed by atoms with Gasteiger partial charge in [0.2, 0.25) is 0 Å². The second-order valence-corrected chi connectivity index (χ2v) is 8.76. The Morgan fingerprint density at radius 3 is 2.66 bits per heavy atom. The highest BCUT2D eigenvalue weighted by atomic mass is 32.1. The van der Waals surface area contributed by atoms with Gasteiger partial charge in [0, 0.05) is 16.5 Å². The van der Waals surface area contributed by atoms with Crippen molar-refractivity contribution < 1.29 is 14.3 Å². The van der Waals surface area contributed by atoms with Crippen molar-refractivity contribution in [3.8, 4) is 21.1 Å². The third-order valence-corrected chi connectivity index (χ3v) is 6.25. The number of esters is 1. The number of carbonyl (C=O) groups excluding carboxylic acids is 2. The van der Waals surface area contributed by atoms with Gasteiger partial charge in [-0.25, -0.2) is 4.98 Å². The lowest BCUT2D eigenvalue weighted by molar-refractivity contribution is -0.148. The van der Waals surface area contributed by atoms with E-state index in [1.54, 1.807) is 11.3 Å². The van der Waals surface area contributed by atoms with Crippen LogP contribution in [0.15, 0.2) is 47.8 Å². The van der Waals surface area contributed by atoms with Crippen molar-refractivity contribution in [2.24, 2.45) is 0 Å². The Morgan fingerprint density at radius 1 is 1.17 bits per heavy atom. The molecule has 0 saturated carbocycles. The molecule has 7 heteroatoms. The van der Waals surface area contributed by atoms with E-state index in [1.807, 2.05) is 54.8 Å². The second-order valence-electron chi connectivity index (χ2n) is 6.73. The number of nitrogens with zero attached hydrogens (tertiary/aromatic N) is 1. The predicted octanol–water partition coefficient (Wildman–Crippen LogP) is 4.93. The van der Waals surface area contributed by atoms with E-state index in [2.05, 4.69) is 12.2 Å². The summed E-state index contributed by atoms with van der Waals surface area (Å²) in [7, 11) is 0. The van der Waals surface area contributed by atoms with Gasteiger partial charge in [-0.05, 0) is 24.8 Å². The summed E-state index contributed by atoms with van der Waals surface area (Å²) in [5.41, 5.74) is 1.82. The molecule has 3 rings (SSSR count). The van der Waals surface area contributed by atoms with E-state index < -0.39 is 5.97 Å². The number of rotatable bonds is 9. The maximum atomic E-state index is 12.4. The number of aromatic nitrogens is 1. The summed E-state index contributed by atoms with van der Waals surface area (Å²) in [5, 5.41) is 5.69. The predicted molar refractivity (Wildman–Crippen MR) is 118 cm³/mol. The number of ether oxygens (including phenoxy) is 1. The lowest BCUT2D eigenvalue weighted by Gasteiger charge is -2.12. The molecular weight excluding hydrogens is 404 g/mol. The minimum absolute atomic E-state index is 0.0755. The Balaban J connectivity index is 1.68. The number of nitrogens with one attached hydrogen (secondary N) is 1. The summed E-state index contributed by atoms with van der Waals surface area (Å²) in [5.74, 6) is -0.698. The van der Waals surface area contributed by atoms with Crippen LogP contribution in [0, 0.1) is 0 Å². The highest BCUT2D eigenvalue weighted by Crippen LogP contribution is 2.36. The molecule has 2 heterocycles. The monoisotopic (exact) mass is 428 g/mol. The van der Waals surface area contributed by atoms with E-state index in [1.165, 1.54) is 11.3 Å². The van der Waals surface area contributed by atoms with Crippen LogP contribution < -0.4 is 5.32 Å². The number of amides is 1. The minimum atomic E-state index is -0.427. The van der Waals surface area contributed by atoms with Crippen LogP contribution in [0.25, 0.3) is 21.1 Å². The van der Waals surface area contributed by atoms with Crippen molar-refractivity contribution in [3.63, 3.8) is 0 Å². The van der Waals surface area contributed by atoms with Gasteiger partial charge in [0.1, 0.15) is 5.01 Å². The van der Waals surface area contributed by atoms with Gasteiger partial charge in [-0.15, -0.1) is 22.7 Å². The van der Waals surface area contributed by atoms with Crippen LogP contribution in [0.5, 0.6) is 0 Å². The molecule has 1 unspecified atom stereocenters. The van der Waals surface area contributed by atoms with Crippen LogP contribution in [0.3, 0.4) is 0 Å². The SMILES string of the molecule is CCCC(C)NC(=O)COC(=O)Cc1sc(-c2ccccc2)nc1-c1cccs1. The fourth-order valence-electron chi connectivity index (χ4n) is 2.93. The number of hydrogen-bond donors (Lipinski definition) is 1. The first-order valence-electron chi connectivity index (χ1n) is 9.60. The van der Waals surface area contributed by atoms with Crippen LogP contribution in [0.2, 0.25) is 0 Å². The topological polar surface area (TPSA) is 68.3 Å². The molecule has 0 bridgehead atoms. The van der Waals surface area contributed by atoms with Crippen molar-refractivity contribution in [3.05, 3.63) is 52.7 Å². The molecule has 5 nitrogen and oxygen atoms in total. The van der Waals surface area contributed by atoms with Crippen LogP contribution in [0.1, 0.15) is 31.6 Å². The fourth-order valence-corrected chi connectivity index (χ4v) is 4.80. The smallest absolute Gasteiger partial charge is 0.311 e. The normalized spacial score (nSPS) is 11.8. The van der Waals surface area contributed by atoms with E-state index in [4.69, 9.17) is 9.72 Å². The Bertz CT molecular complexity index is 936. The quantitative estimate of drug-likeness (QED) is 0.491. The number of carbonyl (C=O) groups is 2. The van der Waals surface area contributed by atoms with Crippen molar-refractivity contribution >= 4 is 34.6 Å². The zero-order valence-electron chi connectivity index (χ0n) is 16.5. The molecule has 1 amide bonds. The van der Waals surface area contributed by atoms with E-state index in [0.717, 1.165) is 38.9 Å². The van der Waals surface area contributed by atoms with Gasteiger partial charge in [0.15, 0.2) is 6.61 Å². The largest absolute Gasteiger partial charge is 0.455 e. The Labute approximate surface area is 178 Å². The number of benzene rings is 1. The molecule has 3 aromatic rings. The fraction of sp³-hybridized carbons (Fsp3) is 0.318. The molecule has 29 heavy (non-hydrogen) atoms. The van der Waals surface area contributed by atoms with Gasteiger partial charge >= 0.3 is 5.97 Å². The van der Waals surface area contributed by atoms with Crippen LogP contribution >= 0.6 is 22.7 Å². The summed E-state index contributed by atoms with van der Waals surface area (Å²) >= 11 is 3.07. The van der Waals surface area contributed by atoms with Crippen molar-refractivity contribution in [2.45, 2.75) is 39.2 Å². The molecule has 2 aromatic heterocycles. The van der Waals surface area contributed by atoms with Crippen LogP contribution in [-0.4, -0.2) is 29.5 Å². The number of hydrogen-bond acceptors (Lipinski definition) is 6. The van der Waals surface area contributed by atoms with Crippen LogP contribution in [0.4, 0.5) is 0 Å². The average molecular weight is 429 g/mol. The first-order chi connectivity index (χ1) is 14.1. The summed E-state index contributed by atoms with van der Waals surface area (Å²) in [4.78, 5) is 30.9. The zero-order chi connectivity index (χ0) is 20.6. The third-order valence-electron chi connectivity index (χ3n) is 4.27. The van der Waals surface area contributed by atoms with E-state index in [0.29, 0.717) is 0 Å². The summed E-state index contributed by atoms with van der Waals surface area (Å²) in [6.45, 7) is 3.75. The highest BCUT2D eigenvalue weighted by molar-refractivity contribution is 7.17. The first-order valence-corrected chi connectivity index (χ1v) is 11.3. The van der Waals surface area contributed by atoms with Gasteiger partial charge in [-0.2, -0.15) is 0 Å². The zero-order valence-corrected chi connectivity index (χ0v) is 18.1. The molecule has 1 atom stereocenters. The highest BCUT2D eigenvalue weighted by Gasteiger charge is 2.19. The molecule has 0 fully saturated rings. The van der Waals surface area contributed by atoms with E-state index >= 15 is 0 Å². The molecule has 152 valence electrons. The van der Waals surface area contributed by atoms with Crippen LogP contribution in [-0.2, 0) is 20.7 Å². The number of thiazole rings is 1. The Morgan fingerprint density at radius 2 is 1.97 bits per heavy atom. The summed E-state index contributed by atoms with van der Waals surface area (Å²) in [6.07, 6.45) is 1.98. The second kappa shape index (κ2) is 10.3. The molecule has 0 spiro atoms. The van der Waals surface area contributed by atoms with Crippen molar-refractivity contribution in [1.82, 2.24) is 10.3 Å². The standard InChI is InChI=1S/C22H24N2O3S2/c1-3-8-15(2)23-19(25)14-27-20(26)13-18-21(17-11-7-12-28-17)24-22(29-18)16-9-5-4-6-10-16/h4-7,9-12,15H,3,8,13-14H2,1-2H3,(H,23,25). The van der Waals surface area contributed by atoms with Gasteiger partial charge in [-0.3, -0.25) is 9.59 Å². The maximum absolute atomic E-state index is 12.4. The average Bonchev–Trinajstić information content (AvgIpc) is 3.37. The minimum Gasteiger partial charge on any atom is -0.455 e. The van der Waals surface area contributed by atoms with Gasteiger partial charge in [-0.1, -0.05) is 49.7 Å². The molecular formula is C22H24N2O3S2. The lowest BCUT2D eigenvalue weighted by Crippen LogP contribution is -2.35.